The first kappa shape index (κ1) is 24.2. The number of nitrogens with zero attached hydrogens (tertiary/aromatic N) is 1. The maximum absolute atomic E-state index is 12.8. The van der Waals surface area contributed by atoms with E-state index in [9.17, 15) is 18.0 Å². The van der Waals surface area contributed by atoms with Crippen LogP contribution in [0.3, 0.4) is 0 Å². The average molecular weight is 448 g/mol. The van der Waals surface area contributed by atoms with Crippen molar-refractivity contribution in [3.05, 3.63) is 54.1 Å². The molecule has 0 radical (unpaired) electrons. The van der Waals surface area contributed by atoms with E-state index in [4.69, 9.17) is 4.18 Å². The molecule has 2 N–H and O–H groups in total. The van der Waals surface area contributed by atoms with Crippen LogP contribution in [-0.4, -0.2) is 37.8 Å². The first-order valence-corrected chi connectivity index (χ1v) is 11.5. The molecule has 8 nitrogen and oxygen atoms in total. The minimum Gasteiger partial charge on any atom is -0.379 e. The van der Waals surface area contributed by atoms with Gasteiger partial charge in [-0.1, -0.05) is 25.1 Å². The molecule has 0 aliphatic carbocycles. The topological polar surface area (TPSA) is 105 Å². The Morgan fingerprint density at radius 1 is 1.06 bits per heavy atom. The van der Waals surface area contributed by atoms with Crippen molar-refractivity contribution in [3.63, 3.8) is 0 Å². The third-order valence-corrected chi connectivity index (χ3v) is 5.94. The molecule has 0 saturated heterocycles. The molecule has 0 aliphatic rings. The molecule has 3 amide bonds. The quantitative estimate of drug-likeness (QED) is 0.570. The van der Waals surface area contributed by atoms with Crippen molar-refractivity contribution >= 4 is 27.7 Å². The van der Waals surface area contributed by atoms with Crippen molar-refractivity contribution in [2.75, 3.05) is 11.9 Å². The lowest BCUT2D eigenvalue weighted by molar-refractivity contribution is -0.114. The first-order valence-electron chi connectivity index (χ1n) is 10.1. The monoisotopic (exact) mass is 447 g/mol. The predicted molar refractivity (Wildman–Crippen MR) is 119 cm³/mol. The Hall–Kier alpha value is -3.07. The number of urea groups is 1. The summed E-state index contributed by atoms with van der Waals surface area (Å²) in [5.41, 5.74) is 1.06. The molecular formula is C22H29N3O5S. The summed E-state index contributed by atoms with van der Waals surface area (Å²) in [6.07, 6.45) is 0.749. The number of amides is 3. The number of anilines is 1. The number of hydrogen-bond acceptors (Lipinski definition) is 5. The Balaban J connectivity index is 2.28. The summed E-state index contributed by atoms with van der Waals surface area (Å²) in [6.45, 7) is 7.82. The van der Waals surface area contributed by atoms with Crippen LogP contribution in [-0.2, 0) is 21.5 Å². The maximum Gasteiger partial charge on any atom is 0.339 e. The largest absolute Gasteiger partial charge is 0.379 e. The smallest absolute Gasteiger partial charge is 0.339 e. The van der Waals surface area contributed by atoms with Crippen molar-refractivity contribution in [1.29, 1.82) is 0 Å². The molecule has 0 aromatic heterocycles. The zero-order valence-electron chi connectivity index (χ0n) is 18.2. The van der Waals surface area contributed by atoms with Crippen LogP contribution in [0.4, 0.5) is 10.5 Å². The van der Waals surface area contributed by atoms with Gasteiger partial charge in [0.05, 0.1) is 6.54 Å². The van der Waals surface area contributed by atoms with E-state index in [0.717, 1.165) is 6.42 Å². The van der Waals surface area contributed by atoms with Gasteiger partial charge in [0.25, 0.3) is 0 Å². The number of carbonyl (C=O) groups excluding carboxylic acids is 2. The van der Waals surface area contributed by atoms with E-state index in [1.807, 2.05) is 20.8 Å². The fourth-order valence-electron chi connectivity index (χ4n) is 2.87. The van der Waals surface area contributed by atoms with Crippen LogP contribution in [0.25, 0.3) is 0 Å². The van der Waals surface area contributed by atoms with Crippen LogP contribution < -0.4 is 14.8 Å². The highest BCUT2D eigenvalue weighted by atomic mass is 32.2. The molecule has 0 fully saturated rings. The van der Waals surface area contributed by atoms with Crippen LogP contribution in [0.2, 0.25) is 0 Å². The van der Waals surface area contributed by atoms with E-state index in [-0.39, 0.29) is 35.2 Å². The normalized spacial score (nSPS) is 12.0. The van der Waals surface area contributed by atoms with Crippen molar-refractivity contribution in [2.24, 2.45) is 0 Å². The predicted octanol–water partition coefficient (Wildman–Crippen LogP) is 3.74. The lowest BCUT2D eigenvalue weighted by Gasteiger charge is -2.29. The van der Waals surface area contributed by atoms with Gasteiger partial charge in [-0.25, -0.2) is 4.79 Å². The van der Waals surface area contributed by atoms with E-state index in [1.54, 1.807) is 29.2 Å². The molecule has 0 bridgehead atoms. The zero-order valence-corrected chi connectivity index (χ0v) is 19.0. The number of benzene rings is 2. The zero-order chi connectivity index (χ0) is 23.0. The lowest BCUT2D eigenvalue weighted by atomic mass is 10.1. The van der Waals surface area contributed by atoms with Gasteiger partial charge in [-0.3, -0.25) is 4.79 Å². The van der Waals surface area contributed by atoms with Gasteiger partial charge < -0.3 is 19.7 Å². The second-order valence-electron chi connectivity index (χ2n) is 7.07. The molecule has 0 saturated carbocycles. The van der Waals surface area contributed by atoms with Crippen LogP contribution in [0.5, 0.6) is 5.75 Å². The molecule has 2 aromatic rings. The van der Waals surface area contributed by atoms with Crippen molar-refractivity contribution in [2.45, 2.75) is 51.6 Å². The lowest BCUT2D eigenvalue weighted by Crippen LogP contribution is -2.44. The molecule has 168 valence electrons. The van der Waals surface area contributed by atoms with Crippen molar-refractivity contribution < 1.29 is 22.2 Å². The van der Waals surface area contributed by atoms with Gasteiger partial charge in [-0.15, -0.1) is 0 Å². The molecular weight excluding hydrogens is 418 g/mol. The summed E-state index contributed by atoms with van der Waals surface area (Å²) in [5, 5.41) is 5.37. The summed E-state index contributed by atoms with van der Waals surface area (Å²) in [6, 6.07) is 12.2. The van der Waals surface area contributed by atoms with E-state index < -0.39 is 10.1 Å². The van der Waals surface area contributed by atoms with Gasteiger partial charge in [-0.05, 0) is 50.6 Å². The molecule has 31 heavy (non-hydrogen) atoms. The molecule has 0 heterocycles. The third-order valence-electron chi connectivity index (χ3n) is 4.69. The summed E-state index contributed by atoms with van der Waals surface area (Å²) in [5.74, 6) is -0.0928. The average Bonchev–Trinajstić information content (AvgIpc) is 2.72. The highest BCUT2D eigenvalue weighted by Gasteiger charge is 2.23. The van der Waals surface area contributed by atoms with Gasteiger partial charge in [-0.2, -0.15) is 8.42 Å². The minimum atomic E-state index is -4.10. The second-order valence-corrected chi connectivity index (χ2v) is 8.62. The fourth-order valence-corrected chi connectivity index (χ4v) is 3.84. The fraction of sp³-hybridized carbons (Fsp3) is 0.364. The Kier molecular flexibility index (Phi) is 8.44. The number of rotatable bonds is 9. The molecule has 0 unspecified atom stereocenters. The first-order chi connectivity index (χ1) is 14.7. The van der Waals surface area contributed by atoms with Crippen LogP contribution >= 0.6 is 0 Å². The van der Waals surface area contributed by atoms with Gasteiger partial charge in [0.15, 0.2) is 0 Å². The highest BCUT2D eigenvalue weighted by molar-refractivity contribution is 7.87. The Labute approximate surface area is 183 Å². The molecule has 1 atom stereocenters. The van der Waals surface area contributed by atoms with E-state index in [1.165, 1.54) is 31.2 Å². The third kappa shape index (κ3) is 6.71. The molecule has 2 aromatic carbocycles. The summed E-state index contributed by atoms with van der Waals surface area (Å²) in [4.78, 5) is 25.2. The van der Waals surface area contributed by atoms with Crippen LogP contribution in [0.1, 0.15) is 39.7 Å². The number of nitrogens with one attached hydrogen (secondary N) is 2. The van der Waals surface area contributed by atoms with Crippen molar-refractivity contribution in [1.82, 2.24) is 10.2 Å². The molecule has 2 rings (SSSR count). The van der Waals surface area contributed by atoms with Gasteiger partial charge in [0.1, 0.15) is 10.6 Å². The van der Waals surface area contributed by atoms with Crippen LogP contribution in [0, 0.1) is 0 Å². The van der Waals surface area contributed by atoms with Crippen molar-refractivity contribution in [3.8, 4) is 5.75 Å². The molecule has 0 spiro atoms. The van der Waals surface area contributed by atoms with Gasteiger partial charge >= 0.3 is 16.1 Å². The second kappa shape index (κ2) is 10.8. The summed E-state index contributed by atoms with van der Waals surface area (Å²) in [7, 11) is -4.10. The Morgan fingerprint density at radius 3 is 2.29 bits per heavy atom. The Bertz CT molecular complexity index is 1010. The van der Waals surface area contributed by atoms with Gasteiger partial charge in [0.2, 0.25) is 5.91 Å². The standard InChI is InChI=1S/C22H29N3O5S/c1-5-16(3)25(22(27)23-6-2)15-18-9-7-8-10-21(18)30-31(28,29)20-13-11-19(12-14-20)24-17(4)26/h7-14,16H,5-6,15H2,1-4H3,(H,23,27)(H,24,26)/t16-/m0/s1. The number of carbonyl (C=O) groups is 2. The number of hydrogen-bond donors (Lipinski definition) is 2. The summed E-state index contributed by atoms with van der Waals surface area (Å²) >= 11 is 0. The number of para-hydroxylation sites is 1. The minimum absolute atomic E-state index is 0.0427. The maximum atomic E-state index is 12.8. The van der Waals surface area contributed by atoms with Crippen LogP contribution in [0.15, 0.2) is 53.4 Å². The molecule has 9 heteroatoms. The van der Waals surface area contributed by atoms with E-state index in [2.05, 4.69) is 10.6 Å². The van der Waals surface area contributed by atoms with E-state index in [0.29, 0.717) is 17.8 Å². The molecule has 0 aliphatic heterocycles. The van der Waals surface area contributed by atoms with E-state index >= 15 is 0 Å². The highest BCUT2D eigenvalue weighted by Crippen LogP contribution is 2.26. The Morgan fingerprint density at radius 2 is 1.71 bits per heavy atom. The van der Waals surface area contributed by atoms with Gasteiger partial charge in [0, 0.05) is 30.8 Å². The SMILES string of the molecule is CCNC(=O)N(Cc1ccccc1OS(=O)(=O)c1ccc(NC(C)=O)cc1)[C@@H](C)CC. The summed E-state index contributed by atoms with van der Waals surface area (Å²) < 4.78 is 31.0.